The first-order chi connectivity index (χ1) is 12.2. The number of likely N-dealkylation sites (tertiary alicyclic amines) is 1. The number of hydrogen-bond acceptors (Lipinski definition) is 4. The Kier molecular flexibility index (Phi) is 6.56. The normalized spacial score (nSPS) is 18.8. The highest BCUT2D eigenvalue weighted by atomic mass is 16.3. The van der Waals surface area contributed by atoms with E-state index in [0.29, 0.717) is 12.0 Å². The highest BCUT2D eigenvalue weighted by molar-refractivity contribution is 5.17. The van der Waals surface area contributed by atoms with Crippen molar-refractivity contribution in [2.24, 2.45) is 5.92 Å². The third-order valence-electron chi connectivity index (χ3n) is 5.22. The van der Waals surface area contributed by atoms with E-state index in [2.05, 4.69) is 28.2 Å². The van der Waals surface area contributed by atoms with Crippen molar-refractivity contribution < 1.29 is 5.11 Å². The maximum Gasteiger partial charge on any atom is 0.0916 e. The highest BCUT2D eigenvalue weighted by Crippen LogP contribution is 2.21. The largest absolute Gasteiger partial charge is 0.387 e. The number of nitrogens with zero attached hydrogens (tertiary/aromatic N) is 2. The molecule has 134 valence electrons. The van der Waals surface area contributed by atoms with E-state index >= 15 is 0 Å². The molecule has 0 amide bonds. The van der Waals surface area contributed by atoms with Gasteiger partial charge in [-0.25, -0.2) is 0 Å². The minimum absolute atomic E-state index is 0.339. The van der Waals surface area contributed by atoms with Gasteiger partial charge in [0, 0.05) is 25.0 Å². The fourth-order valence-corrected chi connectivity index (χ4v) is 3.49. The molecule has 0 bridgehead atoms. The lowest BCUT2D eigenvalue weighted by Crippen LogP contribution is -2.39. The molecule has 1 fully saturated rings. The first-order valence-electron chi connectivity index (χ1n) is 9.31. The number of aliphatic hydroxyl groups excluding tert-OH is 1. The molecule has 2 N–H and O–H groups in total. The van der Waals surface area contributed by atoms with Crippen LogP contribution in [0.25, 0.3) is 0 Å². The van der Waals surface area contributed by atoms with Crippen LogP contribution in [-0.2, 0) is 0 Å². The first kappa shape index (κ1) is 18.1. The van der Waals surface area contributed by atoms with Gasteiger partial charge in [-0.2, -0.15) is 0 Å². The van der Waals surface area contributed by atoms with Gasteiger partial charge in [0.25, 0.3) is 0 Å². The summed E-state index contributed by atoms with van der Waals surface area (Å²) in [5.74, 6) is 0.712. The van der Waals surface area contributed by atoms with Gasteiger partial charge in [-0.05, 0) is 62.5 Å². The van der Waals surface area contributed by atoms with Crippen LogP contribution in [0.3, 0.4) is 0 Å². The molecule has 0 radical (unpaired) electrons. The second-order valence-corrected chi connectivity index (χ2v) is 7.09. The molecule has 2 atom stereocenters. The van der Waals surface area contributed by atoms with Crippen molar-refractivity contribution in [2.45, 2.75) is 31.9 Å². The summed E-state index contributed by atoms with van der Waals surface area (Å²) in [7, 11) is 0. The maximum absolute atomic E-state index is 10.4. The molecule has 4 nitrogen and oxygen atoms in total. The molecule has 2 aromatic rings. The summed E-state index contributed by atoms with van der Waals surface area (Å²) in [6.45, 7) is 6.11. The molecular formula is C21H29N3O. The molecule has 1 aliphatic rings. The lowest BCUT2D eigenvalue weighted by atomic mass is 9.95. The number of aliphatic hydroxyl groups is 1. The van der Waals surface area contributed by atoms with Gasteiger partial charge < -0.3 is 15.3 Å². The molecule has 1 aromatic heterocycles. The molecule has 1 saturated heterocycles. The Morgan fingerprint density at radius 2 is 1.84 bits per heavy atom. The van der Waals surface area contributed by atoms with Crippen LogP contribution in [0.5, 0.6) is 0 Å². The fraction of sp³-hybridized carbons (Fsp3) is 0.476. The van der Waals surface area contributed by atoms with Crippen molar-refractivity contribution in [3.63, 3.8) is 0 Å². The molecule has 1 aliphatic heterocycles. The zero-order chi connectivity index (χ0) is 17.5. The summed E-state index contributed by atoms with van der Waals surface area (Å²) in [6, 6.07) is 14.4. The Labute approximate surface area is 150 Å². The highest BCUT2D eigenvalue weighted by Gasteiger charge is 2.22. The Bertz CT molecular complexity index is 612. The van der Waals surface area contributed by atoms with Gasteiger partial charge in [-0.1, -0.05) is 36.4 Å². The van der Waals surface area contributed by atoms with E-state index in [9.17, 15) is 5.11 Å². The average molecular weight is 339 g/mol. The number of benzene rings is 1. The second kappa shape index (κ2) is 9.09. The summed E-state index contributed by atoms with van der Waals surface area (Å²) in [5, 5.41) is 14.0. The quantitative estimate of drug-likeness (QED) is 0.813. The smallest absolute Gasteiger partial charge is 0.0916 e. The van der Waals surface area contributed by atoms with Gasteiger partial charge in [0.05, 0.1) is 6.10 Å². The topological polar surface area (TPSA) is 48.4 Å². The molecule has 0 unspecified atom stereocenters. The van der Waals surface area contributed by atoms with Gasteiger partial charge >= 0.3 is 0 Å². The maximum atomic E-state index is 10.4. The Balaban J connectivity index is 1.39. The number of nitrogens with one attached hydrogen (secondary N) is 1. The lowest BCUT2D eigenvalue weighted by molar-refractivity contribution is 0.0888. The zero-order valence-corrected chi connectivity index (χ0v) is 15.0. The van der Waals surface area contributed by atoms with Crippen LogP contribution in [0.2, 0.25) is 0 Å². The third kappa shape index (κ3) is 5.36. The number of hydrogen-bond donors (Lipinski definition) is 2. The second-order valence-electron chi connectivity index (χ2n) is 7.09. The van der Waals surface area contributed by atoms with Gasteiger partial charge in [-0.15, -0.1) is 0 Å². The van der Waals surface area contributed by atoms with Crippen molar-refractivity contribution in [1.29, 1.82) is 0 Å². The Morgan fingerprint density at radius 1 is 1.12 bits per heavy atom. The van der Waals surface area contributed by atoms with Crippen LogP contribution in [0.15, 0.2) is 54.9 Å². The van der Waals surface area contributed by atoms with Crippen LogP contribution in [0, 0.1) is 5.92 Å². The molecule has 0 saturated carbocycles. The number of aromatic nitrogens is 1. The molecule has 25 heavy (non-hydrogen) atoms. The molecule has 0 aliphatic carbocycles. The average Bonchev–Trinajstić information content (AvgIpc) is 2.68. The summed E-state index contributed by atoms with van der Waals surface area (Å²) in [6.07, 6.45) is 5.74. The van der Waals surface area contributed by atoms with E-state index in [-0.39, 0.29) is 6.10 Å². The number of piperidine rings is 1. The lowest BCUT2D eigenvalue weighted by Gasteiger charge is -2.33. The van der Waals surface area contributed by atoms with Crippen molar-refractivity contribution >= 4 is 0 Å². The van der Waals surface area contributed by atoms with Gasteiger partial charge in [0.15, 0.2) is 0 Å². The van der Waals surface area contributed by atoms with Crippen LogP contribution in [-0.4, -0.2) is 41.2 Å². The predicted octanol–water partition coefficient (Wildman–Crippen LogP) is 3.18. The molecule has 4 heteroatoms. The van der Waals surface area contributed by atoms with Gasteiger partial charge in [-0.3, -0.25) is 4.98 Å². The summed E-state index contributed by atoms with van der Waals surface area (Å²) >= 11 is 0. The first-order valence-corrected chi connectivity index (χ1v) is 9.31. The zero-order valence-electron chi connectivity index (χ0n) is 15.0. The Hall–Kier alpha value is -1.75. The van der Waals surface area contributed by atoms with Crippen LogP contribution in [0.1, 0.15) is 43.0 Å². The van der Waals surface area contributed by atoms with Crippen LogP contribution < -0.4 is 5.32 Å². The van der Waals surface area contributed by atoms with E-state index in [1.807, 2.05) is 48.8 Å². The Morgan fingerprint density at radius 3 is 2.52 bits per heavy atom. The van der Waals surface area contributed by atoms with Crippen LogP contribution in [0.4, 0.5) is 0 Å². The molecule has 0 spiro atoms. The SMILES string of the molecule is C[C@@H](NCC1CCN(C[C@@H](O)c2ccccc2)CC1)c1cccnc1. The standard InChI is InChI=1S/C21H29N3O/c1-17(20-8-5-11-22-15-20)23-14-18-9-12-24(13-10-18)16-21(25)19-6-3-2-4-7-19/h2-8,11,15,17-18,21,23,25H,9-10,12-14,16H2,1H3/t17-,21-/m1/s1. The van der Waals surface area contributed by atoms with Crippen molar-refractivity contribution in [1.82, 2.24) is 15.2 Å². The summed E-state index contributed by atoms with van der Waals surface area (Å²) in [5.41, 5.74) is 2.25. The fourth-order valence-electron chi connectivity index (χ4n) is 3.49. The van der Waals surface area contributed by atoms with E-state index in [1.165, 1.54) is 18.4 Å². The van der Waals surface area contributed by atoms with Gasteiger partial charge in [0.2, 0.25) is 0 Å². The van der Waals surface area contributed by atoms with E-state index < -0.39 is 0 Å². The predicted molar refractivity (Wildman–Crippen MR) is 101 cm³/mol. The minimum atomic E-state index is -0.388. The summed E-state index contributed by atoms with van der Waals surface area (Å²) in [4.78, 5) is 6.58. The molecular weight excluding hydrogens is 310 g/mol. The van der Waals surface area contributed by atoms with Crippen molar-refractivity contribution in [2.75, 3.05) is 26.2 Å². The van der Waals surface area contributed by atoms with E-state index in [0.717, 1.165) is 31.7 Å². The van der Waals surface area contributed by atoms with Gasteiger partial charge in [0.1, 0.15) is 0 Å². The molecule has 2 heterocycles. The summed E-state index contributed by atoms with van der Waals surface area (Å²) < 4.78 is 0. The number of rotatable bonds is 7. The minimum Gasteiger partial charge on any atom is -0.387 e. The van der Waals surface area contributed by atoms with E-state index in [1.54, 1.807) is 0 Å². The van der Waals surface area contributed by atoms with Crippen molar-refractivity contribution in [3.05, 3.63) is 66.0 Å². The molecule has 3 rings (SSSR count). The monoisotopic (exact) mass is 339 g/mol. The number of β-amino-alcohol motifs (C(OH)–C–C–N with tert-alkyl or cyclic N) is 1. The van der Waals surface area contributed by atoms with Crippen molar-refractivity contribution in [3.8, 4) is 0 Å². The number of pyridine rings is 1. The molecule has 1 aromatic carbocycles. The van der Waals surface area contributed by atoms with E-state index in [4.69, 9.17) is 0 Å². The van der Waals surface area contributed by atoms with Crippen LogP contribution >= 0.6 is 0 Å². The third-order valence-corrected chi connectivity index (χ3v) is 5.22.